The molecule has 1 saturated carbocycles. The molecule has 0 aromatic rings. The van der Waals surface area contributed by atoms with E-state index in [1.807, 2.05) is 0 Å². The van der Waals surface area contributed by atoms with Gasteiger partial charge in [0, 0.05) is 20.0 Å². The van der Waals surface area contributed by atoms with Gasteiger partial charge in [0.05, 0.1) is 11.6 Å². The Morgan fingerprint density at radius 3 is 2.53 bits per heavy atom. The molecular weight excluding hydrogens is 244 g/mol. The molecule has 2 aliphatic rings. The first-order valence-electron chi connectivity index (χ1n) is 7.28. The normalized spacial score (nSPS) is 28.3. The summed E-state index contributed by atoms with van der Waals surface area (Å²) in [5, 5.41) is 13.7. The van der Waals surface area contributed by atoms with Gasteiger partial charge >= 0.3 is 0 Å². The molecule has 1 saturated heterocycles. The fraction of sp³-hybridized carbons (Fsp3) is 0.857. The predicted molar refractivity (Wildman–Crippen MR) is 71.5 cm³/mol. The molecule has 108 valence electrons. The highest BCUT2D eigenvalue weighted by Gasteiger charge is 2.34. The molecule has 1 atom stereocenters. The average Bonchev–Trinajstić information content (AvgIpc) is 2.61. The molecule has 1 aliphatic heterocycles. The van der Waals surface area contributed by atoms with Gasteiger partial charge in [-0.3, -0.25) is 14.5 Å². The Morgan fingerprint density at radius 2 is 1.89 bits per heavy atom. The molecule has 2 rings (SSSR count). The molecule has 5 nitrogen and oxygen atoms in total. The summed E-state index contributed by atoms with van der Waals surface area (Å²) in [6.07, 6.45) is 7.01. The second kappa shape index (κ2) is 6.01. The van der Waals surface area contributed by atoms with Crippen LogP contribution >= 0.6 is 0 Å². The van der Waals surface area contributed by atoms with Gasteiger partial charge in [0.15, 0.2) is 0 Å². The van der Waals surface area contributed by atoms with Crippen LogP contribution in [0, 0.1) is 0 Å². The van der Waals surface area contributed by atoms with Crippen molar-refractivity contribution in [3.63, 3.8) is 0 Å². The van der Waals surface area contributed by atoms with Crippen molar-refractivity contribution in [1.82, 2.24) is 10.2 Å². The smallest absolute Gasteiger partial charge is 0.246 e. The first kappa shape index (κ1) is 14.5. The molecule has 2 N–H and O–H groups in total. The van der Waals surface area contributed by atoms with Crippen LogP contribution in [-0.2, 0) is 9.59 Å². The van der Waals surface area contributed by atoms with E-state index in [1.54, 1.807) is 0 Å². The number of hydrogen-bond acceptors (Lipinski definition) is 4. The minimum Gasteiger partial charge on any atom is -0.389 e. The van der Waals surface area contributed by atoms with Gasteiger partial charge in [0.25, 0.3) is 0 Å². The fourth-order valence-corrected chi connectivity index (χ4v) is 2.98. The Bertz CT molecular complexity index is 349. The van der Waals surface area contributed by atoms with Gasteiger partial charge in [-0.2, -0.15) is 0 Å². The summed E-state index contributed by atoms with van der Waals surface area (Å²) in [6, 6.07) is -0.324. The van der Waals surface area contributed by atoms with Crippen LogP contribution in [0.25, 0.3) is 0 Å². The minimum atomic E-state index is -0.684. The maximum Gasteiger partial charge on any atom is 0.246 e. The first-order chi connectivity index (χ1) is 9.02. The van der Waals surface area contributed by atoms with E-state index in [2.05, 4.69) is 5.32 Å². The summed E-state index contributed by atoms with van der Waals surface area (Å²) in [7, 11) is 1.53. The van der Waals surface area contributed by atoms with Gasteiger partial charge in [0.1, 0.15) is 0 Å². The Labute approximate surface area is 114 Å². The van der Waals surface area contributed by atoms with Crippen molar-refractivity contribution < 1.29 is 14.7 Å². The Morgan fingerprint density at radius 1 is 1.26 bits per heavy atom. The lowest BCUT2D eigenvalue weighted by Gasteiger charge is -2.32. The molecular formula is C14H24N2O3. The van der Waals surface area contributed by atoms with Crippen molar-refractivity contribution in [1.29, 1.82) is 0 Å². The zero-order valence-electron chi connectivity index (χ0n) is 11.7. The fourth-order valence-electron chi connectivity index (χ4n) is 2.98. The largest absolute Gasteiger partial charge is 0.389 e. The zero-order valence-corrected chi connectivity index (χ0v) is 11.7. The third kappa shape index (κ3) is 3.54. The van der Waals surface area contributed by atoms with Gasteiger partial charge in [-0.05, 0) is 19.3 Å². The SMILES string of the molecule is CN1C(=O)CCC(NCC2(O)CCCCCC2)C1=O. The molecule has 5 heteroatoms. The Balaban J connectivity index is 1.87. The maximum absolute atomic E-state index is 11.9. The number of likely N-dealkylation sites (N-methyl/N-ethyl adjacent to an activating group) is 1. The summed E-state index contributed by atoms with van der Waals surface area (Å²) in [5.74, 6) is -0.287. The molecule has 0 bridgehead atoms. The highest BCUT2D eigenvalue weighted by molar-refractivity contribution is 6.00. The molecule has 0 aromatic carbocycles. The van der Waals surface area contributed by atoms with Crippen LogP contribution < -0.4 is 5.32 Å². The number of nitrogens with zero attached hydrogens (tertiary/aromatic N) is 1. The van der Waals surface area contributed by atoms with Crippen LogP contribution in [0.15, 0.2) is 0 Å². The van der Waals surface area contributed by atoms with Gasteiger partial charge in [-0.1, -0.05) is 25.7 Å². The van der Waals surface area contributed by atoms with Gasteiger partial charge in [0.2, 0.25) is 11.8 Å². The maximum atomic E-state index is 11.9. The lowest BCUT2D eigenvalue weighted by atomic mass is 9.93. The number of likely N-dealkylation sites (tertiary alicyclic amines) is 1. The van der Waals surface area contributed by atoms with E-state index >= 15 is 0 Å². The second-order valence-electron chi connectivity index (χ2n) is 5.90. The number of piperidine rings is 1. The Kier molecular flexibility index (Phi) is 4.58. The van der Waals surface area contributed by atoms with Crippen molar-refractivity contribution in [3.8, 4) is 0 Å². The van der Waals surface area contributed by atoms with Crippen LogP contribution in [0.2, 0.25) is 0 Å². The Hall–Kier alpha value is -0.940. The predicted octanol–water partition coefficient (Wildman–Crippen LogP) is 0.809. The zero-order chi connectivity index (χ0) is 13.9. The van der Waals surface area contributed by atoms with E-state index in [0.717, 1.165) is 25.7 Å². The van der Waals surface area contributed by atoms with E-state index in [-0.39, 0.29) is 17.9 Å². The molecule has 19 heavy (non-hydrogen) atoms. The topological polar surface area (TPSA) is 69.6 Å². The number of rotatable bonds is 3. The number of imide groups is 1. The molecule has 0 spiro atoms. The van der Waals surface area contributed by atoms with E-state index in [0.29, 0.717) is 19.4 Å². The van der Waals surface area contributed by atoms with Crippen LogP contribution in [0.5, 0.6) is 0 Å². The van der Waals surface area contributed by atoms with Crippen molar-refractivity contribution in [2.45, 2.75) is 63.0 Å². The molecule has 1 aliphatic carbocycles. The van der Waals surface area contributed by atoms with Gasteiger partial charge in [-0.25, -0.2) is 0 Å². The highest BCUT2D eigenvalue weighted by Crippen LogP contribution is 2.26. The molecule has 0 radical (unpaired) electrons. The monoisotopic (exact) mass is 268 g/mol. The number of nitrogens with one attached hydrogen (secondary N) is 1. The number of carbonyl (C=O) groups is 2. The van der Waals surface area contributed by atoms with E-state index in [9.17, 15) is 14.7 Å². The molecule has 0 aromatic heterocycles. The lowest BCUT2D eigenvalue weighted by molar-refractivity contribution is -0.148. The summed E-state index contributed by atoms with van der Waals surface area (Å²) in [6.45, 7) is 0.450. The van der Waals surface area contributed by atoms with Gasteiger partial charge < -0.3 is 10.4 Å². The minimum absolute atomic E-state index is 0.115. The summed E-state index contributed by atoms with van der Waals surface area (Å²) in [5.41, 5.74) is -0.684. The third-order valence-electron chi connectivity index (χ3n) is 4.36. The highest BCUT2D eigenvalue weighted by atomic mass is 16.3. The number of amides is 2. The van der Waals surface area contributed by atoms with Crippen LogP contribution in [0.4, 0.5) is 0 Å². The lowest BCUT2D eigenvalue weighted by Crippen LogP contribution is -2.54. The number of aliphatic hydroxyl groups is 1. The number of hydrogen-bond donors (Lipinski definition) is 2. The second-order valence-corrected chi connectivity index (χ2v) is 5.90. The number of carbonyl (C=O) groups excluding carboxylic acids is 2. The quantitative estimate of drug-likeness (QED) is 0.587. The van der Waals surface area contributed by atoms with Crippen molar-refractivity contribution in [3.05, 3.63) is 0 Å². The van der Waals surface area contributed by atoms with E-state index < -0.39 is 5.60 Å². The van der Waals surface area contributed by atoms with Crippen molar-refractivity contribution in [2.75, 3.05) is 13.6 Å². The summed E-state index contributed by atoms with van der Waals surface area (Å²) >= 11 is 0. The molecule has 2 amide bonds. The van der Waals surface area contributed by atoms with E-state index in [1.165, 1.54) is 24.8 Å². The summed E-state index contributed by atoms with van der Waals surface area (Å²) in [4.78, 5) is 24.5. The van der Waals surface area contributed by atoms with Crippen LogP contribution in [-0.4, -0.2) is 47.1 Å². The molecule has 2 fully saturated rings. The van der Waals surface area contributed by atoms with E-state index in [4.69, 9.17) is 0 Å². The van der Waals surface area contributed by atoms with Crippen molar-refractivity contribution >= 4 is 11.8 Å². The molecule has 1 unspecified atom stereocenters. The standard InChI is InChI=1S/C14H24N2O3/c1-16-12(17)7-6-11(13(16)18)15-10-14(19)8-4-2-3-5-9-14/h11,15,19H,2-10H2,1H3. The summed E-state index contributed by atoms with van der Waals surface area (Å²) < 4.78 is 0. The third-order valence-corrected chi connectivity index (χ3v) is 4.36. The van der Waals surface area contributed by atoms with Crippen LogP contribution in [0.3, 0.4) is 0 Å². The van der Waals surface area contributed by atoms with Crippen molar-refractivity contribution in [2.24, 2.45) is 0 Å². The van der Waals surface area contributed by atoms with Crippen LogP contribution in [0.1, 0.15) is 51.4 Å². The van der Waals surface area contributed by atoms with Gasteiger partial charge in [-0.15, -0.1) is 0 Å². The molecule has 1 heterocycles. The first-order valence-corrected chi connectivity index (χ1v) is 7.28. The average molecular weight is 268 g/mol.